The van der Waals surface area contributed by atoms with Crippen molar-refractivity contribution >= 4 is 49.7 Å². The summed E-state index contributed by atoms with van der Waals surface area (Å²) < 4.78 is 26.7. The summed E-state index contributed by atoms with van der Waals surface area (Å²) >= 11 is 7.48. The lowest BCUT2D eigenvalue weighted by molar-refractivity contribution is 0.102. The van der Waals surface area contributed by atoms with Crippen molar-refractivity contribution in [1.29, 1.82) is 0 Å². The number of carbonyl (C=O) groups excluding carboxylic acids is 1. The fourth-order valence-corrected chi connectivity index (χ4v) is 4.40. The molecule has 8 nitrogen and oxygen atoms in total. The third-order valence-corrected chi connectivity index (χ3v) is 6.13. The normalized spacial score (nSPS) is 11.3. The zero-order valence-electron chi connectivity index (χ0n) is 16.8. The summed E-state index contributed by atoms with van der Waals surface area (Å²) in [5.74, 6) is -0.316. The molecule has 0 aliphatic heterocycles. The van der Waals surface area contributed by atoms with Gasteiger partial charge in [0, 0.05) is 27.9 Å². The molecule has 32 heavy (non-hydrogen) atoms. The Kier molecular flexibility index (Phi) is 6.26. The molecule has 0 spiro atoms. The van der Waals surface area contributed by atoms with Gasteiger partial charge in [-0.15, -0.1) is 11.3 Å². The van der Waals surface area contributed by atoms with Crippen LogP contribution in [-0.2, 0) is 16.6 Å². The van der Waals surface area contributed by atoms with Crippen molar-refractivity contribution in [1.82, 2.24) is 14.8 Å². The molecule has 0 saturated heterocycles. The number of benzene rings is 2. The number of sulfonamides is 1. The van der Waals surface area contributed by atoms with Gasteiger partial charge < -0.3 is 0 Å². The number of halogens is 1. The zero-order valence-corrected chi connectivity index (χ0v) is 19.2. The van der Waals surface area contributed by atoms with Crippen LogP contribution in [0.5, 0.6) is 0 Å². The van der Waals surface area contributed by atoms with Crippen molar-refractivity contribution in [2.24, 2.45) is 0 Å². The summed E-state index contributed by atoms with van der Waals surface area (Å²) in [5.41, 5.74) is 3.25. The highest BCUT2D eigenvalue weighted by Gasteiger charge is 2.13. The van der Waals surface area contributed by atoms with Crippen LogP contribution in [0.15, 0.2) is 66.3 Å². The molecule has 11 heteroatoms. The van der Waals surface area contributed by atoms with E-state index in [1.54, 1.807) is 35.1 Å². The molecule has 0 aliphatic carbocycles. The van der Waals surface area contributed by atoms with E-state index < -0.39 is 10.0 Å². The monoisotopic (exact) mass is 487 g/mol. The maximum absolute atomic E-state index is 12.6. The van der Waals surface area contributed by atoms with E-state index in [4.69, 9.17) is 11.6 Å². The quantitative estimate of drug-likeness (QED) is 0.403. The predicted molar refractivity (Wildman–Crippen MR) is 127 cm³/mol. The van der Waals surface area contributed by atoms with Gasteiger partial charge in [-0.2, -0.15) is 5.10 Å². The van der Waals surface area contributed by atoms with Crippen LogP contribution in [0.1, 0.15) is 15.9 Å². The Morgan fingerprint density at radius 1 is 1.16 bits per heavy atom. The second-order valence-electron chi connectivity index (χ2n) is 6.96. The van der Waals surface area contributed by atoms with Crippen molar-refractivity contribution in [3.8, 4) is 11.3 Å². The lowest BCUT2D eigenvalue weighted by Gasteiger charge is -2.04. The number of carbonyl (C=O) groups is 1. The Morgan fingerprint density at radius 3 is 2.62 bits per heavy atom. The van der Waals surface area contributed by atoms with Gasteiger partial charge in [0.05, 0.1) is 30.3 Å². The highest BCUT2D eigenvalue weighted by Crippen LogP contribution is 2.26. The Balaban J connectivity index is 1.41. The molecule has 4 aromatic rings. The first-order valence-corrected chi connectivity index (χ1v) is 12.5. The molecule has 1 amide bonds. The van der Waals surface area contributed by atoms with Crippen LogP contribution in [0.25, 0.3) is 11.3 Å². The van der Waals surface area contributed by atoms with E-state index in [-0.39, 0.29) is 5.91 Å². The standard InChI is InChI=1S/C21H18ClN5O3S2/c1-32(29,30)26-17-8-6-14(7-9-17)19-13-31-21(24-19)25-20(28)16-10-23-27(12-16)11-15-4-2-3-5-18(15)22/h2-10,12-13,26H,11H2,1H3,(H,24,25,28). The number of anilines is 2. The van der Waals surface area contributed by atoms with Gasteiger partial charge in [-0.05, 0) is 23.8 Å². The highest BCUT2D eigenvalue weighted by molar-refractivity contribution is 7.92. The van der Waals surface area contributed by atoms with E-state index in [0.717, 1.165) is 17.4 Å². The van der Waals surface area contributed by atoms with Crippen LogP contribution in [-0.4, -0.2) is 35.3 Å². The minimum atomic E-state index is -3.33. The first kappa shape index (κ1) is 22.0. The molecule has 0 bridgehead atoms. The van der Waals surface area contributed by atoms with Crippen molar-refractivity contribution in [3.05, 3.63) is 82.5 Å². The summed E-state index contributed by atoms with van der Waals surface area (Å²) in [6.45, 7) is 0.457. The Morgan fingerprint density at radius 2 is 1.91 bits per heavy atom. The number of thiazole rings is 1. The average molecular weight is 488 g/mol. The van der Waals surface area contributed by atoms with Crippen LogP contribution in [0.3, 0.4) is 0 Å². The van der Waals surface area contributed by atoms with E-state index in [2.05, 4.69) is 20.1 Å². The van der Waals surface area contributed by atoms with E-state index in [9.17, 15) is 13.2 Å². The Bertz CT molecular complexity index is 1360. The van der Waals surface area contributed by atoms with Crippen LogP contribution in [0, 0.1) is 0 Å². The summed E-state index contributed by atoms with van der Waals surface area (Å²) in [4.78, 5) is 17.0. The minimum Gasteiger partial charge on any atom is -0.298 e. The van der Waals surface area contributed by atoms with Crippen LogP contribution >= 0.6 is 22.9 Å². The lowest BCUT2D eigenvalue weighted by Crippen LogP contribution is -2.11. The van der Waals surface area contributed by atoms with E-state index >= 15 is 0 Å². The molecule has 4 rings (SSSR count). The number of nitrogens with one attached hydrogen (secondary N) is 2. The third kappa shape index (κ3) is 5.52. The van der Waals surface area contributed by atoms with E-state index in [0.29, 0.717) is 33.6 Å². The fraction of sp³-hybridized carbons (Fsp3) is 0.0952. The molecule has 0 atom stereocenters. The highest BCUT2D eigenvalue weighted by atomic mass is 35.5. The summed E-state index contributed by atoms with van der Waals surface area (Å²) in [5, 5.41) is 9.91. The van der Waals surface area contributed by atoms with Crippen LogP contribution in [0.4, 0.5) is 10.8 Å². The summed E-state index contributed by atoms with van der Waals surface area (Å²) in [6, 6.07) is 14.3. The number of rotatable bonds is 7. The Hall–Kier alpha value is -3.21. The molecule has 0 aliphatic rings. The van der Waals surface area contributed by atoms with E-state index in [1.807, 2.05) is 29.6 Å². The van der Waals surface area contributed by atoms with Gasteiger partial charge in [-0.1, -0.05) is 41.9 Å². The first-order chi connectivity index (χ1) is 15.3. The molecular weight excluding hydrogens is 470 g/mol. The fourth-order valence-electron chi connectivity index (χ4n) is 2.92. The van der Waals surface area contributed by atoms with Crippen molar-refractivity contribution in [2.75, 3.05) is 16.3 Å². The smallest absolute Gasteiger partial charge is 0.260 e. The molecule has 2 heterocycles. The van der Waals surface area contributed by atoms with Crippen LogP contribution in [0.2, 0.25) is 5.02 Å². The SMILES string of the molecule is CS(=O)(=O)Nc1ccc(-c2csc(NC(=O)c3cnn(Cc4ccccc4Cl)c3)n2)cc1. The maximum atomic E-state index is 12.6. The third-order valence-electron chi connectivity index (χ3n) is 4.39. The molecule has 0 saturated carbocycles. The molecule has 2 aromatic carbocycles. The van der Waals surface area contributed by atoms with Crippen molar-refractivity contribution in [3.63, 3.8) is 0 Å². The zero-order chi connectivity index (χ0) is 22.7. The number of aromatic nitrogens is 3. The number of hydrogen-bond acceptors (Lipinski definition) is 6. The van der Waals surface area contributed by atoms with Crippen molar-refractivity contribution < 1.29 is 13.2 Å². The van der Waals surface area contributed by atoms with Gasteiger partial charge in [-0.3, -0.25) is 19.5 Å². The van der Waals surface area contributed by atoms with Gasteiger partial charge in [0.25, 0.3) is 5.91 Å². The van der Waals surface area contributed by atoms with Gasteiger partial charge >= 0.3 is 0 Å². The maximum Gasteiger partial charge on any atom is 0.260 e. The number of nitrogens with zero attached hydrogens (tertiary/aromatic N) is 3. The van der Waals surface area contributed by atoms with Crippen LogP contribution < -0.4 is 10.0 Å². The topological polar surface area (TPSA) is 106 Å². The molecule has 0 fully saturated rings. The molecule has 0 radical (unpaired) electrons. The molecule has 2 N–H and O–H groups in total. The van der Waals surface area contributed by atoms with E-state index in [1.165, 1.54) is 17.5 Å². The summed E-state index contributed by atoms with van der Waals surface area (Å²) in [7, 11) is -3.33. The Labute approximate surface area is 193 Å². The van der Waals surface area contributed by atoms with Gasteiger partial charge in [-0.25, -0.2) is 13.4 Å². The minimum absolute atomic E-state index is 0.316. The van der Waals surface area contributed by atoms with Gasteiger partial charge in [0.15, 0.2) is 5.13 Å². The number of amides is 1. The first-order valence-electron chi connectivity index (χ1n) is 9.38. The molecular formula is C21H18ClN5O3S2. The average Bonchev–Trinajstić information content (AvgIpc) is 3.39. The second-order valence-corrected chi connectivity index (χ2v) is 9.98. The largest absolute Gasteiger partial charge is 0.298 e. The summed E-state index contributed by atoms with van der Waals surface area (Å²) in [6.07, 6.45) is 4.24. The van der Waals surface area contributed by atoms with Gasteiger partial charge in [0.1, 0.15) is 0 Å². The lowest BCUT2D eigenvalue weighted by atomic mass is 10.1. The molecule has 164 valence electrons. The number of hydrogen-bond donors (Lipinski definition) is 2. The molecule has 2 aromatic heterocycles. The van der Waals surface area contributed by atoms with Gasteiger partial charge in [0.2, 0.25) is 10.0 Å². The van der Waals surface area contributed by atoms with Crippen molar-refractivity contribution in [2.45, 2.75) is 6.54 Å². The second kappa shape index (κ2) is 9.11. The predicted octanol–water partition coefficient (Wildman–Crippen LogP) is 4.33. The molecule has 0 unspecified atom stereocenters.